The predicted octanol–water partition coefficient (Wildman–Crippen LogP) is 4.11. The van der Waals surface area contributed by atoms with Gasteiger partial charge >= 0.3 is 0 Å². The van der Waals surface area contributed by atoms with Gasteiger partial charge in [0.25, 0.3) is 0 Å². The van der Waals surface area contributed by atoms with Gasteiger partial charge in [0.1, 0.15) is 0 Å². The minimum atomic E-state index is 1.32. The van der Waals surface area contributed by atoms with E-state index in [4.69, 9.17) is 0 Å². The Morgan fingerprint density at radius 3 is 1.82 bits per heavy atom. The van der Waals surface area contributed by atoms with E-state index in [1.54, 1.807) is 6.08 Å². The van der Waals surface area contributed by atoms with Crippen LogP contribution in [0, 0.1) is 0 Å². The van der Waals surface area contributed by atoms with Crippen LogP contribution in [0.2, 0.25) is 0 Å². The fraction of sp³-hybridized carbons (Fsp3) is 0.455. The summed E-state index contributed by atoms with van der Waals surface area (Å²) in [6.45, 7) is 9.85. The van der Waals surface area contributed by atoms with Crippen LogP contribution in [0.25, 0.3) is 0 Å². The molecule has 0 aliphatic rings. The molecule has 0 N–H and O–H groups in total. The third-order valence-electron chi connectivity index (χ3n) is 1.05. The molecule has 0 aromatic heterocycles. The SMILES string of the molecule is C=C/C=C\C=C\C.CCCC. The summed E-state index contributed by atoms with van der Waals surface area (Å²) in [7, 11) is 0. The van der Waals surface area contributed by atoms with Gasteiger partial charge < -0.3 is 0 Å². The van der Waals surface area contributed by atoms with Gasteiger partial charge in [0.05, 0.1) is 0 Å². The van der Waals surface area contributed by atoms with Crippen molar-refractivity contribution in [1.82, 2.24) is 0 Å². The fourth-order valence-electron chi connectivity index (χ4n) is 0.254. The van der Waals surface area contributed by atoms with E-state index >= 15 is 0 Å². The van der Waals surface area contributed by atoms with Crippen molar-refractivity contribution < 1.29 is 0 Å². The molecule has 0 aromatic rings. The van der Waals surface area contributed by atoms with Crippen LogP contribution in [0.5, 0.6) is 0 Å². The third kappa shape index (κ3) is 27.0. The highest BCUT2D eigenvalue weighted by Crippen LogP contribution is 1.76. The second-order valence-corrected chi connectivity index (χ2v) is 2.15. The van der Waals surface area contributed by atoms with Crippen LogP contribution < -0.4 is 0 Å². The van der Waals surface area contributed by atoms with E-state index in [2.05, 4.69) is 20.4 Å². The minimum absolute atomic E-state index is 1.32. The quantitative estimate of drug-likeness (QED) is 0.534. The average molecular weight is 152 g/mol. The third-order valence-corrected chi connectivity index (χ3v) is 1.05. The van der Waals surface area contributed by atoms with Crippen molar-refractivity contribution >= 4 is 0 Å². The van der Waals surface area contributed by atoms with E-state index in [1.165, 1.54) is 12.8 Å². The molecule has 0 saturated carbocycles. The van der Waals surface area contributed by atoms with Crippen LogP contribution in [0.15, 0.2) is 37.0 Å². The van der Waals surface area contributed by atoms with E-state index in [9.17, 15) is 0 Å². The highest BCUT2D eigenvalue weighted by molar-refractivity contribution is 5.07. The Kier molecular flexibility index (Phi) is 18.8. The van der Waals surface area contributed by atoms with Gasteiger partial charge in [0.2, 0.25) is 0 Å². The van der Waals surface area contributed by atoms with Gasteiger partial charge in [0, 0.05) is 0 Å². The number of rotatable bonds is 3. The summed E-state index contributed by atoms with van der Waals surface area (Å²) < 4.78 is 0. The molecule has 0 heterocycles. The molecule has 0 nitrogen and oxygen atoms in total. The normalized spacial score (nSPS) is 9.73. The molecule has 0 radical (unpaired) electrons. The van der Waals surface area contributed by atoms with Crippen LogP contribution in [0.4, 0.5) is 0 Å². The molecule has 0 atom stereocenters. The molecule has 0 aliphatic carbocycles. The maximum absolute atomic E-state index is 3.51. The first-order valence-corrected chi connectivity index (χ1v) is 4.23. The Morgan fingerprint density at radius 2 is 1.55 bits per heavy atom. The van der Waals surface area contributed by atoms with Crippen molar-refractivity contribution in [3.63, 3.8) is 0 Å². The van der Waals surface area contributed by atoms with Gasteiger partial charge in [-0.3, -0.25) is 0 Å². The van der Waals surface area contributed by atoms with Gasteiger partial charge in [-0.2, -0.15) is 0 Å². The van der Waals surface area contributed by atoms with Gasteiger partial charge in [0.15, 0.2) is 0 Å². The molecule has 0 aliphatic heterocycles. The molecular weight excluding hydrogens is 132 g/mol. The minimum Gasteiger partial charge on any atom is -0.0991 e. The molecule has 0 spiro atoms. The molecule has 0 unspecified atom stereocenters. The molecule has 0 saturated heterocycles. The zero-order valence-corrected chi connectivity index (χ0v) is 8.01. The highest BCUT2D eigenvalue weighted by atomic mass is 13.6. The van der Waals surface area contributed by atoms with Crippen molar-refractivity contribution in [2.45, 2.75) is 33.6 Å². The highest BCUT2D eigenvalue weighted by Gasteiger charge is 1.56. The van der Waals surface area contributed by atoms with E-state index < -0.39 is 0 Å². The molecule has 0 amide bonds. The van der Waals surface area contributed by atoms with Gasteiger partial charge in [-0.25, -0.2) is 0 Å². The standard InChI is InChI=1S/C7H10.C4H10/c1-3-5-7-6-4-2;1-3-4-2/h3-7H,1H2,2H3;3-4H2,1-2H3/b6-4+,7-5-;. The summed E-state index contributed by atoms with van der Waals surface area (Å²) in [4.78, 5) is 0. The molecule has 0 fully saturated rings. The van der Waals surface area contributed by atoms with Crippen molar-refractivity contribution in [2.75, 3.05) is 0 Å². The summed E-state index contributed by atoms with van der Waals surface area (Å²) in [5.41, 5.74) is 0. The number of unbranched alkanes of at least 4 members (excludes halogenated alkanes) is 1. The Hall–Kier alpha value is -0.780. The van der Waals surface area contributed by atoms with Crippen LogP contribution in [-0.4, -0.2) is 0 Å². The van der Waals surface area contributed by atoms with Gasteiger partial charge in [-0.15, -0.1) is 0 Å². The van der Waals surface area contributed by atoms with E-state index in [-0.39, 0.29) is 0 Å². The first-order chi connectivity index (χ1) is 5.33. The Labute approximate surface area is 71.3 Å². The first kappa shape index (κ1) is 12.9. The Morgan fingerprint density at radius 1 is 1.00 bits per heavy atom. The predicted molar refractivity (Wildman–Crippen MR) is 54.7 cm³/mol. The number of hydrogen-bond acceptors (Lipinski definition) is 0. The molecule has 0 rings (SSSR count). The second kappa shape index (κ2) is 16.1. The van der Waals surface area contributed by atoms with Gasteiger partial charge in [-0.05, 0) is 6.92 Å². The molecule has 64 valence electrons. The largest absolute Gasteiger partial charge is 0.0991 e. The Balaban J connectivity index is 0. The van der Waals surface area contributed by atoms with Crippen LogP contribution >= 0.6 is 0 Å². The first-order valence-electron chi connectivity index (χ1n) is 4.23. The van der Waals surface area contributed by atoms with Crippen molar-refractivity contribution in [2.24, 2.45) is 0 Å². The van der Waals surface area contributed by atoms with Crippen LogP contribution in [0.3, 0.4) is 0 Å². The molecular formula is C11H20. The topological polar surface area (TPSA) is 0 Å². The zero-order chi connectivity index (χ0) is 8.95. The van der Waals surface area contributed by atoms with Crippen LogP contribution in [0.1, 0.15) is 33.6 Å². The van der Waals surface area contributed by atoms with E-state index in [1.807, 2.05) is 31.2 Å². The van der Waals surface area contributed by atoms with Crippen molar-refractivity contribution in [3.05, 3.63) is 37.0 Å². The smallest absolute Gasteiger partial charge is 0.0467 e. The molecule has 0 heteroatoms. The zero-order valence-electron chi connectivity index (χ0n) is 8.01. The lowest BCUT2D eigenvalue weighted by Crippen LogP contribution is -1.47. The summed E-state index contributed by atoms with van der Waals surface area (Å²) >= 11 is 0. The lowest BCUT2D eigenvalue weighted by atomic mass is 10.4. The van der Waals surface area contributed by atoms with E-state index in [0.717, 1.165) is 0 Å². The Bertz CT molecular complexity index is 105. The molecule has 0 bridgehead atoms. The molecule has 11 heavy (non-hydrogen) atoms. The van der Waals surface area contributed by atoms with E-state index in [0.29, 0.717) is 0 Å². The maximum Gasteiger partial charge on any atom is -0.0467 e. The van der Waals surface area contributed by atoms with Gasteiger partial charge in [-0.1, -0.05) is 63.6 Å². The monoisotopic (exact) mass is 152 g/mol. The summed E-state index contributed by atoms with van der Waals surface area (Å²) in [6, 6.07) is 0. The second-order valence-electron chi connectivity index (χ2n) is 2.15. The molecule has 0 aromatic carbocycles. The average Bonchev–Trinajstić information content (AvgIpc) is 2.06. The van der Waals surface area contributed by atoms with Crippen molar-refractivity contribution in [3.8, 4) is 0 Å². The number of hydrogen-bond donors (Lipinski definition) is 0. The summed E-state index contributed by atoms with van der Waals surface area (Å²) in [6.07, 6.45) is 12.1. The van der Waals surface area contributed by atoms with Crippen molar-refractivity contribution in [1.29, 1.82) is 0 Å². The lowest BCUT2D eigenvalue weighted by molar-refractivity contribution is 0.886. The van der Waals surface area contributed by atoms with Crippen LogP contribution in [-0.2, 0) is 0 Å². The summed E-state index contributed by atoms with van der Waals surface area (Å²) in [5, 5.41) is 0. The fourth-order valence-corrected chi connectivity index (χ4v) is 0.254. The maximum atomic E-state index is 3.51. The lowest BCUT2D eigenvalue weighted by Gasteiger charge is -1.68. The summed E-state index contributed by atoms with van der Waals surface area (Å²) in [5.74, 6) is 0. The number of allylic oxidation sites excluding steroid dienone is 5.